The van der Waals surface area contributed by atoms with Crippen LogP contribution in [0.15, 0.2) is 0 Å². The van der Waals surface area contributed by atoms with Gasteiger partial charge in [0.15, 0.2) is 0 Å². The summed E-state index contributed by atoms with van der Waals surface area (Å²) in [6.07, 6.45) is -5.21. The molecule has 0 fully saturated rings. The molecule has 0 aliphatic heterocycles. The molecule has 2 atom stereocenters. The van der Waals surface area contributed by atoms with Crippen LogP contribution in [0.5, 0.6) is 0 Å². The summed E-state index contributed by atoms with van der Waals surface area (Å²) in [6.45, 7) is 6.68. The van der Waals surface area contributed by atoms with E-state index in [1.54, 1.807) is 20.4 Å². The first-order chi connectivity index (χ1) is 6.57. The minimum Gasteiger partial charge on any atom is -0.412 e. The second-order valence-corrected chi connectivity index (χ2v) is 8.47. The minimum atomic E-state index is -4.18. The summed E-state index contributed by atoms with van der Waals surface area (Å²) in [5.74, 6) is 0. The Kier molecular flexibility index (Phi) is 5.29. The highest BCUT2D eigenvalue weighted by Crippen LogP contribution is 2.28. The molecule has 0 aliphatic rings. The molecular formula is C9H19F3O2Si. The Morgan fingerprint density at radius 1 is 1.27 bits per heavy atom. The topological polar surface area (TPSA) is 29.5 Å². The molecule has 0 saturated heterocycles. The highest BCUT2D eigenvalue weighted by atomic mass is 28.4. The molecule has 0 spiro atoms. The molecule has 92 valence electrons. The Bertz CT molecular complexity index is 194. The molecule has 0 aromatic heterocycles. The predicted octanol–water partition coefficient (Wildman–Crippen LogP) is 2.86. The fraction of sp³-hybridized carbons (Fsp3) is 1.00. The Labute approximate surface area is 89.6 Å². The molecule has 0 bridgehead atoms. The van der Waals surface area contributed by atoms with E-state index in [1.165, 1.54) is 6.92 Å². The van der Waals surface area contributed by atoms with Crippen molar-refractivity contribution >= 4 is 8.32 Å². The van der Waals surface area contributed by atoms with Crippen molar-refractivity contribution in [1.82, 2.24) is 0 Å². The van der Waals surface area contributed by atoms with E-state index in [1.807, 2.05) is 0 Å². The van der Waals surface area contributed by atoms with Gasteiger partial charge >= 0.3 is 6.18 Å². The first-order valence-electron chi connectivity index (χ1n) is 4.99. The van der Waals surface area contributed by atoms with Crippen molar-refractivity contribution in [2.45, 2.75) is 57.8 Å². The van der Waals surface area contributed by atoms with Gasteiger partial charge in [0, 0.05) is 12.5 Å². The fourth-order valence-corrected chi connectivity index (χ4v) is 3.88. The summed E-state index contributed by atoms with van der Waals surface area (Å²) in [5, 5.41) is 9.49. The molecule has 0 saturated carbocycles. The second-order valence-electron chi connectivity index (χ2n) is 4.27. The molecule has 0 heterocycles. The van der Waals surface area contributed by atoms with Crippen LogP contribution >= 0.6 is 0 Å². The van der Waals surface area contributed by atoms with Crippen molar-refractivity contribution < 1.29 is 22.7 Å². The van der Waals surface area contributed by atoms with E-state index in [0.29, 0.717) is 0 Å². The van der Waals surface area contributed by atoms with Gasteiger partial charge in [0.1, 0.15) is 0 Å². The molecule has 6 heteroatoms. The van der Waals surface area contributed by atoms with Crippen molar-refractivity contribution in [1.29, 1.82) is 0 Å². The molecule has 1 N–H and O–H groups in total. The lowest BCUT2D eigenvalue weighted by Crippen LogP contribution is -2.48. The van der Waals surface area contributed by atoms with Crippen LogP contribution in [0.25, 0.3) is 0 Å². The molecule has 2 nitrogen and oxygen atoms in total. The first kappa shape index (κ1) is 14.9. The largest absolute Gasteiger partial charge is 0.412 e. The second kappa shape index (κ2) is 5.31. The van der Waals surface area contributed by atoms with E-state index in [-0.39, 0.29) is 12.1 Å². The third-order valence-electron chi connectivity index (χ3n) is 2.29. The SMILES string of the molecule is CC(C)O[Si](C)(CCC(F)(F)F)C(C)O. The van der Waals surface area contributed by atoms with Crippen molar-refractivity contribution in [2.75, 3.05) is 0 Å². The lowest BCUT2D eigenvalue weighted by Gasteiger charge is -2.32. The average Bonchev–Trinajstić information content (AvgIpc) is 1.98. The third-order valence-corrected chi connectivity index (χ3v) is 6.31. The van der Waals surface area contributed by atoms with Crippen molar-refractivity contribution in [3.8, 4) is 0 Å². The molecule has 0 radical (unpaired) electrons. The zero-order chi connectivity index (χ0) is 12.3. The highest BCUT2D eigenvalue weighted by molar-refractivity contribution is 6.73. The monoisotopic (exact) mass is 244 g/mol. The van der Waals surface area contributed by atoms with Gasteiger partial charge in [-0.2, -0.15) is 13.2 Å². The predicted molar refractivity (Wildman–Crippen MR) is 55.0 cm³/mol. The van der Waals surface area contributed by atoms with Crippen LogP contribution in [0.4, 0.5) is 13.2 Å². The Hall–Kier alpha value is -0.0731. The summed E-state index contributed by atoms with van der Waals surface area (Å²) in [4.78, 5) is 0. The fourth-order valence-electron chi connectivity index (χ4n) is 1.29. The zero-order valence-electron chi connectivity index (χ0n) is 9.56. The highest BCUT2D eigenvalue weighted by Gasteiger charge is 2.40. The molecule has 0 amide bonds. The van der Waals surface area contributed by atoms with Crippen molar-refractivity contribution in [3.63, 3.8) is 0 Å². The van der Waals surface area contributed by atoms with Crippen molar-refractivity contribution in [3.05, 3.63) is 0 Å². The van der Waals surface area contributed by atoms with Gasteiger partial charge in [0.05, 0.1) is 5.73 Å². The van der Waals surface area contributed by atoms with Gasteiger partial charge in [-0.25, -0.2) is 0 Å². The van der Waals surface area contributed by atoms with E-state index >= 15 is 0 Å². The van der Waals surface area contributed by atoms with Gasteiger partial charge in [-0.3, -0.25) is 0 Å². The number of hydrogen-bond donors (Lipinski definition) is 1. The van der Waals surface area contributed by atoms with Gasteiger partial charge < -0.3 is 9.53 Å². The summed E-state index contributed by atoms with van der Waals surface area (Å²) < 4.78 is 41.7. The number of aliphatic hydroxyl groups excluding tert-OH is 1. The van der Waals surface area contributed by atoms with Crippen LogP contribution in [0, 0.1) is 0 Å². The summed E-state index contributed by atoms with van der Waals surface area (Å²) in [5.41, 5.74) is -0.790. The first-order valence-corrected chi connectivity index (χ1v) is 7.69. The summed E-state index contributed by atoms with van der Waals surface area (Å²) >= 11 is 0. The normalized spacial score (nSPS) is 19.0. The minimum absolute atomic E-state index is 0.0909. The van der Waals surface area contributed by atoms with E-state index in [9.17, 15) is 18.3 Å². The maximum Gasteiger partial charge on any atom is 0.388 e. The standard InChI is InChI=1S/C9H19F3O2Si/c1-7(2)14-15(4,8(3)13)6-5-9(10,11)12/h7-8,13H,5-6H2,1-4H3. The maximum atomic E-state index is 12.1. The molecule has 0 aliphatic carbocycles. The molecule has 2 unspecified atom stereocenters. The van der Waals surface area contributed by atoms with Gasteiger partial charge in [-0.1, -0.05) is 0 Å². The Morgan fingerprint density at radius 2 is 1.73 bits per heavy atom. The third kappa shape index (κ3) is 6.16. The van der Waals surface area contributed by atoms with Gasteiger partial charge in [-0.15, -0.1) is 0 Å². The smallest absolute Gasteiger partial charge is 0.388 e. The molecule has 0 aromatic carbocycles. The molecule has 15 heavy (non-hydrogen) atoms. The lowest BCUT2D eigenvalue weighted by atomic mass is 10.5. The summed E-state index contributed by atoms with van der Waals surface area (Å²) in [6, 6.07) is -0.0909. The van der Waals surface area contributed by atoms with Crippen LogP contribution in [0.2, 0.25) is 12.6 Å². The van der Waals surface area contributed by atoms with Crippen LogP contribution in [-0.4, -0.2) is 31.4 Å². The Morgan fingerprint density at radius 3 is 2.00 bits per heavy atom. The number of rotatable bonds is 5. The molecule has 0 rings (SSSR count). The molecular weight excluding hydrogens is 225 g/mol. The van der Waals surface area contributed by atoms with E-state index in [2.05, 4.69) is 0 Å². The number of aliphatic hydroxyl groups is 1. The molecule has 0 aromatic rings. The van der Waals surface area contributed by atoms with Crippen LogP contribution in [0.3, 0.4) is 0 Å². The number of alkyl halides is 3. The van der Waals surface area contributed by atoms with Crippen LogP contribution in [-0.2, 0) is 4.43 Å². The van der Waals surface area contributed by atoms with Crippen LogP contribution < -0.4 is 0 Å². The van der Waals surface area contributed by atoms with Crippen LogP contribution in [0.1, 0.15) is 27.2 Å². The zero-order valence-corrected chi connectivity index (χ0v) is 10.6. The quantitative estimate of drug-likeness (QED) is 0.754. The van der Waals surface area contributed by atoms with E-state index in [0.717, 1.165) is 0 Å². The number of halogens is 3. The van der Waals surface area contributed by atoms with Crippen molar-refractivity contribution in [2.24, 2.45) is 0 Å². The van der Waals surface area contributed by atoms with Gasteiger partial charge in [0.2, 0.25) is 8.32 Å². The Balaban J connectivity index is 4.39. The van der Waals surface area contributed by atoms with E-state index < -0.39 is 26.6 Å². The van der Waals surface area contributed by atoms with Gasteiger partial charge in [-0.05, 0) is 33.4 Å². The maximum absolute atomic E-state index is 12.1. The average molecular weight is 244 g/mol. The van der Waals surface area contributed by atoms with E-state index in [4.69, 9.17) is 4.43 Å². The van der Waals surface area contributed by atoms with Gasteiger partial charge in [0.25, 0.3) is 0 Å². The summed E-state index contributed by atoms with van der Waals surface area (Å²) in [7, 11) is -2.66. The lowest BCUT2D eigenvalue weighted by molar-refractivity contribution is -0.131. The number of hydrogen-bond acceptors (Lipinski definition) is 2.